The number of ether oxygens (including phenoxy) is 5. The molecule has 0 heterocycles. The SMILES string of the molecule is CC(=O)OC(C)(OC(C)=O)C(=O)OCCCCCCCCCCCCOc1ccc(COc2ccc(C(=O)O)cc2)cc1. The van der Waals surface area contributed by atoms with Crippen LogP contribution in [0.15, 0.2) is 48.5 Å². The van der Waals surface area contributed by atoms with Gasteiger partial charge < -0.3 is 28.8 Å². The summed E-state index contributed by atoms with van der Waals surface area (Å²) in [5, 5.41) is 8.96. The standard InChI is InChI=1S/C33H44O10/c1-25(34)42-33(3,43-26(2)35)32(38)40-23-13-11-9-7-5-4-6-8-10-12-22-39-29-18-14-27(15-19-29)24-41-30-20-16-28(17-21-30)31(36)37/h14-21H,4-13,22-24H2,1-3H3,(H,36,37). The molecule has 2 aromatic carbocycles. The summed E-state index contributed by atoms with van der Waals surface area (Å²) in [6, 6.07) is 14.1. The summed E-state index contributed by atoms with van der Waals surface area (Å²) in [5.41, 5.74) is 1.23. The lowest BCUT2D eigenvalue weighted by Gasteiger charge is -2.25. The van der Waals surface area contributed by atoms with Crippen molar-refractivity contribution in [1.82, 2.24) is 0 Å². The van der Waals surface area contributed by atoms with Gasteiger partial charge in [-0.2, -0.15) is 0 Å². The van der Waals surface area contributed by atoms with Crippen molar-refractivity contribution >= 4 is 23.9 Å². The number of unbranched alkanes of at least 4 members (excludes halogenated alkanes) is 9. The molecule has 0 unspecified atom stereocenters. The highest BCUT2D eigenvalue weighted by molar-refractivity contribution is 5.87. The van der Waals surface area contributed by atoms with Crippen molar-refractivity contribution in [3.63, 3.8) is 0 Å². The van der Waals surface area contributed by atoms with Crippen molar-refractivity contribution in [2.75, 3.05) is 13.2 Å². The van der Waals surface area contributed by atoms with Crippen LogP contribution in [0.2, 0.25) is 0 Å². The maximum atomic E-state index is 12.2. The zero-order valence-corrected chi connectivity index (χ0v) is 25.4. The minimum atomic E-state index is -2.06. The molecule has 0 aliphatic rings. The zero-order valence-electron chi connectivity index (χ0n) is 25.4. The average Bonchev–Trinajstić information content (AvgIpc) is 2.96. The van der Waals surface area contributed by atoms with Gasteiger partial charge in [-0.05, 0) is 54.8 Å². The molecule has 0 aliphatic carbocycles. The van der Waals surface area contributed by atoms with Crippen LogP contribution in [0, 0.1) is 0 Å². The van der Waals surface area contributed by atoms with E-state index in [0.717, 1.165) is 63.7 Å². The van der Waals surface area contributed by atoms with E-state index < -0.39 is 29.7 Å². The Balaban J connectivity index is 1.44. The van der Waals surface area contributed by atoms with Gasteiger partial charge in [-0.1, -0.05) is 63.5 Å². The largest absolute Gasteiger partial charge is 0.494 e. The number of rotatable bonds is 21. The second-order valence-electron chi connectivity index (χ2n) is 10.4. The van der Waals surface area contributed by atoms with E-state index in [-0.39, 0.29) is 12.2 Å². The molecule has 0 saturated heterocycles. The van der Waals surface area contributed by atoms with Gasteiger partial charge in [0.05, 0.1) is 18.8 Å². The Kier molecular flexibility index (Phi) is 15.7. The van der Waals surface area contributed by atoms with Crippen LogP contribution in [0.25, 0.3) is 0 Å². The Morgan fingerprint density at radius 3 is 1.56 bits per heavy atom. The van der Waals surface area contributed by atoms with Gasteiger partial charge in [0, 0.05) is 20.8 Å². The Labute approximate surface area is 253 Å². The molecule has 236 valence electrons. The Morgan fingerprint density at radius 2 is 1.07 bits per heavy atom. The first kappa shape index (κ1) is 35.1. The van der Waals surface area contributed by atoms with Crippen LogP contribution < -0.4 is 9.47 Å². The number of hydrogen-bond donors (Lipinski definition) is 1. The molecular weight excluding hydrogens is 556 g/mol. The number of hydrogen-bond acceptors (Lipinski definition) is 9. The minimum absolute atomic E-state index is 0.171. The Bertz CT molecular complexity index is 1130. The molecule has 0 aliphatic heterocycles. The van der Waals surface area contributed by atoms with Crippen LogP contribution in [0.1, 0.15) is 101 Å². The molecule has 0 amide bonds. The quantitative estimate of drug-likeness (QED) is 0.0945. The predicted molar refractivity (Wildman–Crippen MR) is 159 cm³/mol. The van der Waals surface area contributed by atoms with Crippen LogP contribution in [0.5, 0.6) is 11.5 Å². The summed E-state index contributed by atoms with van der Waals surface area (Å²) >= 11 is 0. The molecule has 0 spiro atoms. The maximum Gasteiger partial charge on any atom is 0.392 e. The summed E-state index contributed by atoms with van der Waals surface area (Å²) in [6.07, 6.45) is 10.6. The third kappa shape index (κ3) is 14.6. The van der Waals surface area contributed by atoms with E-state index in [4.69, 9.17) is 28.8 Å². The molecule has 0 aromatic heterocycles. The number of carboxylic acid groups (broad SMARTS) is 1. The third-order valence-corrected chi connectivity index (χ3v) is 6.52. The van der Waals surface area contributed by atoms with Gasteiger partial charge >= 0.3 is 29.7 Å². The van der Waals surface area contributed by atoms with Gasteiger partial charge in [0.25, 0.3) is 0 Å². The zero-order chi connectivity index (χ0) is 31.5. The molecule has 10 nitrogen and oxygen atoms in total. The fourth-order valence-electron chi connectivity index (χ4n) is 4.30. The molecule has 0 atom stereocenters. The first-order valence-corrected chi connectivity index (χ1v) is 14.8. The predicted octanol–water partition coefficient (Wildman–Crippen LogP) is 6.63. The van der Waals surface area contributed by atoms with E-state index in [1.165, 1.54) is 38.3 Å². The van der Waals surface area contributed by atoms with E-state index in [0.29, 0.717) is 25.4 Å². The molecule has 2 aromatic rings. The third-order valence-electron chi connectivity index (χ3n) is 6.52. The van der Waals surface area contributed by atoms with Gasteiger partial charge in [0.1, 0.15) is 18.1 Å². The summed E-state index contributed by atoms with van der Waals surface area (Å²) in [7, 11) is 0. The van der Waals surface area contributed by atoms with Crippen molar-refractivity contribution in [1.29, 1.82) is 0 Å². The average molecular weight is 601 g/mol. The summed E-state index contributed by atoms with van der Waals surface area (Å²) in [5.74, 6) is -3.97. The monoisotopic (exact) mass is 600 g/mol. The van der Waals surface area contributed by atoms with Crippen molar-refractivity contribution in [2.24, 2.45) is 0 Å². The number of carbonyl (C=O) groups is 4. The Morgan fingerprint density at radius 1 is 0.628 bits per heavy atom. The van der Waals surface area contributed by atoms with E-state index in [1.54, 1.807) is 12.1 Å². The number of esters is 3. The summed E-state index contributed by atoms with van der Waals surface area (Å²) in [4.78, 5) is 45.6. The minimum Gasteiger partial charge on any atom is -0.494 e. The molecule has 2 rings (SSSR count). The lowest BCUT2D eigenvalue weighted by Crippen LogP contribution is -2.45. The lowest BCUT2D eigenvalue weighted by atomic mass is 10.1. The molecule has 0 radical (unpaired) electrons. The fourth-order valence-corrected chi connectivity index (χ4v) is 4.30. The first-order chi connectivity index (χ1) is 20.6. The fraction of sp³-hybridized carbons (Fsp3) is 0.515. The van der Waals surface area contributed by atoms with Gasteiger partial charge in [0.15, 0.2) is 0 Å². The number of aromatic carboxylic acids is 1. The molecule has 0 fully saturated rings. The highest BCUT2D eigenvalue weighted by atomic mass is 16.8. The Hall–Kier alpha value is -4.08. The van der Waals surface area contributed by atoms with Crippen molar-refractivity contribution < 1.29 is 48.0 Å². The lowest BCUT2D eigenvalue weighted by molar-refractivity contribution is -0.232. The van der Waals surface area contributed by atoms with E-state index in [1.807, 2.05) is 24.3 Å². The first-order valence-electron chi connectivity index (χ1n) is 14.8. The van der Waals surface area contributed by atoms with Crippen LogP contribution >= 0.6 is 0 Å². The van der Waals surface area contributed by atoms with E-state index in [9.17, 15) is 19.2 Å². The highest BCUT2D eigenvalue weighted by Gasteiger charge is 2.42. The molecular formula is C33H44O10. The van der Waals surface area contributed by atoms with Gasteiger partial charge in [-0.25, -0.2) is 9.59 Å². The van der Waals surface area contributed by atoms with Crippen molar-refractivity contribution in [2.45, 2.75) is 97.4 Å². The number of carboxylic acids is 1. The van der Waals surface area contributed by atoms with Crippen LogP contribution in [0.4, 0.5) is 0 Å². The van der Waals surface area contributed by atoms with Gasteiger partial charge in [0.2, 0.25) is 0 Å². The molecule has 0 bridgehead atoms. The second kappa shape index (κ2) is 19.2. The topological polar surface area (TPSA) is 135 Å². The molecule has 10 heteroatoms. The molecule has 0 saturated carbocycles. The maximum absolute atomic E-state index is 12.2. The van der Waals surface area contributed by atoms with Crippen LogP contribution in [-0.4, -0.2) is 48.0 Å². The van der Waals surface area contributed by atoms with Crippen molar-refractivity contribution in [3.05, 3.63) is 59.7 Å². The second-order valence-corrected chi connectivity index (χ2v) is 10.4. The number of carbonyl (C=O) groups excluding carboxylic acids is 3. The van der Waals surface area contributed by atoms with Gasteiger partial charge in [-0.15, -0.1) is 0 Å². The smallest absolute Gasteiger partial charge is 0.392 e. The van der Waals surface area contributed by atoms with Crippen LogP contribution in [-0.2, 0) is 35.2 Å². The summed E-state index contributed by atoms with van der Waals surface area (Å²) in [6.45, 7) is 4.68. The van der Waals surface area contributed by atoms with Crippen molar-refractivity contribution in [3.8, 4) is 11.5 Å². The molecule has 43 heavy (non-hydrogen) atoms. The van der Waals surface area contributed by atoms with E-state index >= 15 is 0 Å². The molecule has 1 N–H and O–H groups in total. The van der Waals surface area contributed by atoms with E-state index in [2.05, 4.69) is 0 Å². The normalized spacial score (nSPS) is 11.0. The highest BCUT2D eigenvalue weighted by Crippen LogP contribution is 2.19. The van der Waals surface area contributed by atoms with Crippen LogP contribution in [0.3, 0.4) is 0 Å². The number of benzene rings is 2. The summed E-state index contributed by atoms with van der Waals surface area (Å²) < 4.78 is 26.4. The van der Waals surface area contributed by atoms with Gasteiger partial charge in [-0.3, -0.25) is 9.59 Å².